The van der Waals surface area contributed by atoms with Crippen molar-refractivity contribution in [3.8, 4) is 0 Å². The molecule has 2 amide bonds. The van der Waals surface area contributed by atoms with Gasteiger partial charge in [0.05, 0.1) is 6.33 Å². The minimum absolute atomic E-state index is 0.00153. The molecular weight excluding hydrogens is 262 g/mol. The molecule has 0 saturated carbocycles. The monoisotopic (exact) mass is 281 g/mol. The van der Waals surface area contributed by atoms with Crippen molar-refractivity contribution < 1.29 is 14.7 Å². The lowest BCUT2D eigenvalue weighted by Crippen LogP contribution is -2.40. The lowest BCUT2D eigenvalue weighted by molar-refractivity contribution is 0.0691. The summed E-state index contributed by atoms with van der Waals surface area (Å²) in [6.07, 6.45) is 3.83. The Morgan fingerprint density at radius 3 is 2.95 bits per heavy atom. The molecule has 1 aliphatic heterocycles. The number of nitrogens with one attached hydrogen (secondary N) is 1. The van der Waals surface area contributed by atoms with Gasteiger partial charge in [-0.05, 0) is 18.9 Å². The van der Waals surface area contributed by atoms with Gasteiger partial charge in [0.15, 0.2) is 5.69 Å². The van der Waals surface area contributed by atoms with Gasteiger partial charge in [-0.2, -0.15) is 0 Å². The summed E-state index contributed by atoms with van der Waals surface area (Å²) in [6, 6.07) is -0.0977. The number of hydrogen-bond donors (Lipinski definition) is 3. The lowest BCUT2D eigenvalue weighted by Gasteiger charge is -2.17. The highest BCUT2D eigenvalue weighted by Gasteiger charge is 2.24. The van der Waals surface area contributed by atoms with E-state index < -0.39 is 5.97 Å². The smallest absolute Gasteiger partial charge is 0.356 e. The number of amides is 2. The second kappa shape index (κ2) is 6.38. The highest BCUT2D eigenvalue weighted by molar-refractivity contribution is 5.84. The van der Waals surface area contributed by atoms with Crippen LogP contribution in [0.5, 0.6) is 0 Å². The van der Waals surface area contributed by atoms with Gasteiger partial charge in [-0.25, -0.2) is 14.6 Å². The maximum absolute atomic E-state index is 11.9. The molecule has 1 aromatic rings. The molecule has 1 saturated heterocycles. The van der Waals surface area contributed by atoms with Crippen LogP contribution in [0.15, 0.2) is 12.5 Å². The van der Waals surface area contributed by atoms with Crippen LogP contribution in [0.1, 0.15) is 16.9 Å². The Hall–Kier alpha value is -2.09. The SMILES string of the molecule is NCC1CCN(C(=O)NCCn2cnc(C(=O)O)c2)C1. The molecule has 8 nitrogen and oxygen atoms in total. The third-order valence-electron chi connectivity index (χ3n) is 3.40. The maximum Gasteiger partial charge on any atom is 0.356 e. The van der Waals surface area contributed by atoms with E-state index in [1.54, 1.807) is 9.47 Å². The van der Waals surface area contributed by atoms with Gasteiger partial charge in [0, 0.05) is 32.4 Å². The van der Waals surface area contributed by atoms with E-state index in [2.05, 4.69) is 10.3 Å². The average molecular weight is 281 g/mol. The van der Waals surface area contributed by atoms with E-state index in [0.717, 1.165) is 13.0 Å². The molecule has 1 atom stereocenters. The van der Waals surface area contributed by atoms with Crippen LogP contribution in [0.25, 0.3) is 0 Å². The molecule has 0 aromatic carbocycles. The van der Waals surface area contributed by atoms with E-state index in [0.29, 0.717) is 32.1 Å². The number of imidazole rings is 1. The summed E-state index contributed by atoms with van der Waals surface area (Å²) in [4.78, 5) is 28.0. The molecule has 4 N–H and O–H groups in total. The third-order valence-corrected chi connectivity index (χ3v) is 3.40. The van der Waals surface area contributed by atoms with Gasteiger partial charge < -0.3 is 25.6 Å². The van der Waals surface area contributed by atoms with Crippen molar-refractivity contribution in [2.45, 2.75) is 13.0 Å². The van der Waals surface area contributed by atoms with Crippen LogP contribution in [0, 0.1) is 5.92 Å². The van der Waals surface area contributed by atoms with Crippen molar-refractivity contribution >= 4 is 12.0 Å². The predicted octanol–water partition coefficient (Wildman–Crippen LogP) is -0.428. The largest absolute Gasteiger partial charge is 0.476 e. The summed E-state index contributed by atoms with van der Waals surface area (Å²) in [5.74, 6) is -0.662. The molecule has 2 heterocycles. The normalized spacial score (nSPS) is 18.2. The van der Waals surface area contributed by atoms with Crippen LogP contribution in [-0.2, 0) is 6.54 Å². The van der Waals surface area contributed by atoms with Crippen molar-refractivity contribution in [2.75, 3.05) is 26.2 Å². The van der Waals surface area contributed by atoms with E-state index in [-0.39, 0.29) is 11.7 Å². The number of nitrogens with zero attached hydrogens (tertiary/aromatic N) is 3. The van der Waals surface area contributed by atoms with Gasteiger partial charge in [0.1, 0.15) is 0 Å². The number of carbonyl (C=O) groups excluding carboxylic acids is 1. The number of carboxylic acids is 1. The van der Waals surface area contributed by atoms with Crippen LogP contribution in [0.4, 0.5) is 4.79 Å². The van der Waals surface area contributed by atoms with Crippen LogP contribution in [0.3, 0.4) is 0 Å². The molecule has 1 aromatic heterocycles. The van der Waals surface area contributed by atoms with Crippen molar-refractivity contribution in [1.29, 1.82) is 0 Å². The maximum atomic E-state index is 11.9. The number of nitrogens with two attached hydrogens (primary N) is 1. The van der Waals surface area contributed by atoms with Crippen molar-refractivity contribution in [3.05, 3.63) is 18.2 Å². The van der Waals surface area contributed by atoms with Gasteiger partial charge >= 0.3 is 12.0 Å². The molecule has 1 fully saturated rings. The second-order valence-corrected chi connectivity index (χ2v) is 4.87. The van der Waals surface area contributed by atoms with E-state index in [1.165, 1.54) is 12.5 Å². The number of urea groups is 1. The first kappa shape index (κ1) is 14.3. The molecule has 0 radical (unpaired) electrons. The number of rotatable bonds is 5. The number of aromatic carboxylic acids is 1. The number of carboxylic acid groups (broad SMARTS) is 1. The quantitative estimate of drug-likeness (QED) is 0.678. The summed E-state index contributed by atoms with van der Waals surface area (Å²) in [6.45, 7) is 2.97. The highest BCUT2D eigenvalue weighted by Crippen LogP contribution is 2.14. The van der Waals surface area contributed by atoms with E-state index in [1.807, 2.05) is 0 Å². The molecule has 110 valence electrons. The van der Waals surface area contributed by atoms with Gasteiger partial charge in [0.2, 0.25) is 0 Å². The molecule has 1 unspecified atom stereocenters. The fourth-order valence-electron chi connectivity index (χ4n) is 2.21. The average Bonchev–Trinajstić information content (AvgIpc) is 3.07. The van der Waals surface area contributed by atoms with Gasteiger partial charge in [0.25, 0.3) is 0 Å². The Bertz CT molecular complexity index is 487. The molecule has 8 heteroatoms. The Morgan fingerprint density at radius 1 is 1.55 bits per heavy atom. The topological polar surface area (TPSA) is 113 Å². The van der Waals surface area contributed by atoms with Crippen molar-refractivity contribution in [1.82, 2.24) is 19.8 Å². The first-order valence-electron chi connectivity index (χ1n) is 6.58. The number of aromatic nitrogens is 2. The highest BCUT2D eigenvalue weighted by atomic mass is 16.4. The molecule has 20 heavy (non-hydrogen) atoms. The summed E-state index contributed by atoms with van der Waals surface area (Å²) in [7, 11) is 0. The van der Waals surface area contributed by atoms with Crippen LogP contribution < -0.4 is 11.1 Å². The van der Waals surface area contributed by atoms with E-state index >= 15 is 0 Å². The zero-order valence-electron chi connectivity index (χ0n) is 11.2. The van der Waals surface area contributed by atoms with Crippen molar-refractivity contribution in [3.63, 3.8) is 0 Å². The first-order chi connectivity index (χ1) is 9.60. The molecule has 2 rings (SSSR count). The zero-order chi connectivity index (χ0) is 14.5. The Labute approximate surface area is 116 Å². The fraction of sp³-hybridized carbons (Fsp3) is 0.583. The van der Waals surface area contributed by atoms with Gasteiger partial charge in [-0.15, -0.1) is 0 Å². The van der Waals surface area contributed by atoms with E-state index in [9.17, 15) is 9.59 Å². The number of likely N-dealkylation sites (tertiary alicyclic amines) is 1. The summed E-state index contributed by atoms with van der Waals surface area (Å²) in [5.41, 5.74) is 5.58. The minimum atomic E-state index is -1.06. The van der Waals surface area contributed by atoms with Crippen LogP contribution in [-0.4, -0.2) is 57.7 Å². The summed E-state index contributed by atoms with van der Waals surface area (Å²) >= 11 is 0. The molecule has 1 aliphatic rings. The lowest BCUT2D eigenvalue weighted by atomic mass is 10.1. The Balaban J connectivity index is 1.72. The Kier molecular flexibility index (Phi) is 4.57. The van der Waals surface area contributed by atoms with Crippen LogP contribution in [0.2, 0.25) is 0 Å². The van der Waals surface area contributed by atoms with E-state index in [4.69, 9.17) is 10.8 Å². The molecular formula is C12H19N5O3. The minimum Gasteiger partial charge on any atom is -0.476 e. The number of carbonyl (C=O) groups is 2. The van der Waals surface area contributed by atoms with Gasteiger partial charge in [-0.1, -0.05) is 0 Å². The zero-order valence-corrected chi connectivity index (χ0v) is 11.2. The molecule has 0 spiro atoms. The molecule has 0 aliphatic carbocycles. The number of hydrogen-bond acceptors (Lipinski definition) is 4. The van der Waals surface area contributed by atoms with Crippen LogP contribution >= 0.6 is 0 Å². The summed E-state index contributed by atoms with van der Waals surface area (Å²) < 4.78 is 1.64. The first-order valence-corrected chi connectivity index (χ1v) is 6.58. The predicted molar refractivity (Wildman–Crippen MR) is 71.3 cm³/mol. The molecule has 0 bridgehead atoms. The summed E-state index contributed by atoms with van der Waals surface area (Å²) in [5, 5.41) is 11.5. The third kappa shape index (κ3) is 3.47. The standard InChI is InChI=1S/C12H19N5O3/c13-5-9-1-3-17(6-9)12(20)14-2-4-16-7-10(11(18)19)15-8-16/h7-9H,1-6,13H2,(H,14,20)(H,18,19). The Morgan fingerprint density at radius 2 is 2.35 bits per heavy atom. The second-order valence-electron chi connectivity index (χ2n) is 4.87. The van der Waals surface area contributed by atoms with Gasteiger partial charge in [-0.3, -0.25) is 0 Å². The van der Waals surface area contributed by atoms with Crippen molar-refractivity contribution in [2.24, 2.45) is 11.7 Å². The fourth-order valence-corrected chi connectivity index (χ4v) is 2.21.